The van der Waals surface area contributed by atoms with Crippen LogP contribution in [-0.4, -0.2) is 23.3 Å². The lowest BCUT2D eigenvalue weighted by Crippen LogP contribution is -2.43. The highest BCUT2D eigenvalue weighted by molar-refractivity contribution is 8.00. The van der Waals surface area contributed by atoms with Crippen LogP contribution in [0, 0.1) is 5.82 Å². The largest absolute Gasteiger partial charge is 0.273 e. The van der Waals surface area contributed by atoms with Crippen molar-refractivity contribution in [2.75, 3.05) is 16.4 Å². The van der Waals surface area contributed by atoms with Gasteiger partial charge in [-0.05, 0) is 24.3 Å². The summed E-state index contributed by atoms with van der Waals surface area (Å²) in [5.74, 6) is -0.289. The summed E-state index contributed by atoms with van der Waals surface area (Å²) in [6, 6.07) is 5.33. The Kier molecular flexibility index (Phi) is 2.73. The van der Waals surface area contributed by atoms with E-state index in [1.165, 1.54) is 36.0 Å². The van der Waals surface area contributed by atoms with Gasteiger partial charge in [0.05, 0.1) is 17.2 Å². The van der Waals surface area contributed by atoms with Crippen molar-refractivity contribution < 1.29 is 14.0 Å². The first-order valence-electron chi connectivity index (χ1n) is 4.37. The SMILES string of the molecule is O=C1CSCC(=O)N1c1ccc(F)cc1. The summed E-state index contributed by atoms with van der Waals surface area (Å²) in [7, 11) is 0. The van der Waals surface area contributed by atoms with Crippen molar-refractivity contribution >= 4 is 29.3 Å². The Morgan fingerprint density at radius 2 is 1.60 bits per heavy atom. The molecule has 0 radical (unpaired) electrons. The maximum Gasteiger partial charge on any atom is 0.243 e. The van der Waals surface area contributed by atoms with Crippen LogP contribution in [0.25, 0.3) is 0 Å². The van der Waals surface area contributed by atoms with Crippen molar-refractivity contribution in [3.8, 4) is 0 Å². The second-order valence-corrected chi connectivity index (χ2v) is 4.08. The van der Waals surface area contributed by atoms with E-state index in [0.717, 1.165) is 4.90 Å². The molecule has 0 saturated carbocycles. The molecule has 0 atom stereocenters. The van der Waals surface area contributed by atoms with Crippen LogP contribution in [0.5, 0.6) is 0 Å². The van der Waals surface area contributed by atoms with Gasteiger partial charge in [-0.1, -0.05) is 0 Å². The molecule has 1 aromatic rings. The van der Waals surface area contributed by atoms with Gasteiger partial charge >= 0.3 is 0 Å². The van der Waals surface area contributed by atoms with Gasteiger partial charge in [-0.15, -0.1) is 11.8 Å². The van der Waals surface area contributed by atoms with Crippen LogP contribution in [0.3, 0.4) is 0 Å². The van der Waals surface area contributed by atoms with E-state index in [1.807, 2.05) is 0 Å². The summed E-state index contributed by atoms with van der Waals surface area (Å²) in [5.41, 5.74) is 0.437. The fraction of sp³-hybridized carbons (Fsp3) is 0.200. The number of amides is 2. The number of hydrogen-bond donors (Lipinski definition) is 0. The quantitative estimate of drug-likeness (QED) is 0.678. The third-order valence-corrected chi connectivity index (χ3v) is 2.94. The zero-order valence-electron chi connectivity index (χ0n) is 7.77. The number of nitrogens with zero attached hydrogens (tertiary/aromatic N) is 1. The van der Waals surface area contributed by atoms with Crippen LogP contribution in [0.15, 0.2) is 24.3 Å². The van der Waals surface area contributed by atoms with Gasteiger partial charge in [0.15, 0.2) is 0 Å². The number of carbonyl (C=O) groups is 2. The topological polar surface area (TPSA) is 37.4 Å². The van der Waals surface area contributed by atoms with Crippen LogP contribution in [0.1, 0.15) is 0 Å². The molecule has 1 aromatic carbocycles. The number of halogens is 1. The van der Waals surface area contributed by atoms with Crippen LogP contribution in [0.2, 0.25) is 0 Å². The monoisotopic (exact) mass is 225 g/mol. The number of imide groups is 1. The number of thioether (sulfide) groups is 1. The zero-order valence-corrected chi connectivity index (χ0v) is 8.59. The minimum atomic E-state index is -0.384. The second-order valence-electron chi connectivity index (χ2n) is 3.09. The number of carbonyl (C=O) groups excluding carboxylic acids is 2. The summed E-state index contributed by atoms with van der Waals surface area (Å²) >= 11 is 1.30. The molecule has 1 saturated heterocycles. The molecule has 15 heavy (non-hydrogen) atoms. The van der Waals surface area contributed by atoms with Crippen LogP contribution in [-0.2, 0) is 9.59 Å². The van der Waals surface area contributed by atoms with Crippen molar-refractivity contribution in [1.82, 2.24) is 0 Å². The number of benzene rings is 1. The molecule has 1 aliphatic rings. The first-order valence-corrected chi connectivity index (χ1v) is 5.53. The summed E-state index contributed by atoms with van der Waals surface area (Å²) in [5, 5.41) is 0. The molecule has 3 nitrogen and oxygen atoms in total. The molecule has 0 spiro atoms. The van der Waals surface area contributed by atoms with Crippen molar-refractivity contribution in [1.29, 1.82) is 0 Å². The predicted molar refractivity (Wildman–Crippen MR) is 56.2 cm³/mol. The Hall–Kier alpha value is -1.36. The average molecular weight is 225 g/mol. The standard InChI is InChI=1S/C10H8FNO2S/c11-7-1-3-8(4-2-7)12-9(13)5-15-6-10(12)14/h1-4H,5-6H2. The Morgan fingerprint density at radius 3 is 2.13 bits per heavy atom. The summed E-state index contributed by atoms with van der Waals surface area (Å²) in [6.07, 6.45) is 0. The van der Waals surface area contributed by atoms with Crippen molar-refractivity contribution in [3.63, 3.8) is 0 Å². The van der Waals surface area contributed by atoms with Gasteiger partial charge in [-0.3, -0.25) is 9.59 Å². The number of hydrogen-bond acceptors (Lipinski definition) is 3. The predicted octanol–water partition coefficient (Wildman–Crippen LogP) is 1.43. The number of anilines is 1. The summed E-state index contributed by atoms with van der Waals surface area (Å²) in [4.78, 5) is 24.1. The van der Waals surface area contributed by atoms with Crippen molar-refractivity contribution in [3.05, 3.63) is 30.1 Å². The minimum absolute atomic E-state index is 0.247. The Balaban J connectivity index is 2.31. The molecule has 2 amide bonds. The van der Waals surface area contributed by atoms with E-state index in [9.17, 15) is 14.0 Å². The fourth-order valence-corrected chi connectivity index (χ4v) is 2.08. The molecule has 1 heterocycles. The van der Waals surface area contributed by atoms with E-state index in [-0.39, 0.29) is 17.6 Å². The van der Waals surface area contributed by atoms with Gasteiger partial charge in [-0.25, -0.2) is 9.29 Å². The van der Waals surface area contributed by atoms with E-state index in [0.29, 0.717) is 17.2 Å². The first kappa shape index (κ1) is 10.2. The lowest BCUT2D eigenvalue weighted by atomic mass is 10.2. The fourth-order valence-electron chi connectivity index (χ4n) is 1.37. The van der Waals surface area contributed by atoms with Gasteiger partial charge in [0.2, 0.25) is 11.8 Å². The molecule has 2 rings (SSSR count). The highest BCUT2D eigenvalue weighted by Crippen LogP contribution is 2.21. The lowest BCUT2D eigenvalue weighted by Gasteiger charge is -2.24. The molecule has 1 aliphatic heterocycles. The smallest absolute Gasteiger partial charge is 0.243 e. The highest BCUT2D eigenvalue weighted by Gasteiger charge is 2.27. The molecule has 0 aromatic heterocycles. The third-order valence-electron chi connectivity index (χ3n) is 2.03. The van der Waals surface area contributed by atoms with E-state index >= 15 is 0 Å². The maximum absolute atomic E-state index is 12.7. The molecular formula is C10H8FNO2S. The lowest BCUT2D eigenvalue weighted by molar-refractivity contribution is -0.124. The molecule has 0 bridgehead atoms. The Morgan fingerprint density at radius 1 is 1.07 bits per heavy atom. The molecule has 0 aliphatic carbocycles. The molecule has 5 heteroatoms. The van der Waals surface area contributed by atoms with Crippen LogP contribution in [0.4, 0.5) is 10.1 Å². The summed E-state index contributed by atoms with van der Waals surface area (Å²) < 4.78 is 12.7. The van der Waals surface area contributed by atoms with E-state index < -0.39 is 0 Å². The maximum atomic E-state index is 12.7. The second kappa shape index (κ2) is 4.02. The van der Waals surface area contributed by atoms with Crippen molar-refractivity contribution in [2.45, 2.75) is 0 Å². The van der Waals surface area contributed by atoms with E-state index in [4.69, 9.17) is 0 Å². The molecular weight excluding hydrogens is 217 g/mol. The van der Waals surface area contributed by atoms with Gasteiger partial charge in [-0.2, -0.15) is 0 Å². The first-order chi connectivity index (χ1) is 7.18. The van der Waals surface area contributed by atoms with Crippen molar-refractivity contribution in [2.24, 2.45) is 0 Å². The Bertz CT molecular complexity index is 388. The molecule has 1 fully saturated rings. The van der Waals surface area contributed by atoms with Gasteiger partial charge in [0.1, 0.15) is 5.82 Å². The van der Waals surface area contributed by atoms with Gasteiger partial charge in [0.25, 0.3) is 0 Å². The Labute approximate surface area is 90.3 Å². The van der Waals surface area contributed by atoms with Crippen LogP contribution >= 0.6 is 11.8 Å². The minimum Gasteiger partial charge on any atom is -0.273 e. The molecule has 0 N–H and O–H groups in total. The van der Waals surface area contributed by atoms with Crippen LogP contribution < -0.4 is 4.90 Å². The van der Waals surface area contributed by atoms with Gasteiger partial charge in [0, 0.05) is 0 Å². The van der Waals surface area contributed by atoms with E-state index in [2.05, 4.69) is 0 Å². The zero-order chi connectivity index (χ0) is 10.8. The molecule has 78 valence electrons. The number of rotatable bonds is 1. The third kappa shape index (κ3) is 2.02. The normalized spacial score (nSPS) is 17.0. The average Bonchev–Trinajstić information content (AvgIpc) is 2.20. The molecule has 0 unspecified atom stereocenters. The van der Waals surface area contributed by atoms with Gasteiger partial charge < -0.3 is 0 Å². The van der Waals surface area contributed by atoms with E-state index in [1.54, 1.807) is 0 Å². The highest BCUT2D eigenvalue weighted by atomic mass is 32.2. The summed E-state index contributed by atoms with van der Waals surface area (Å²) in [6.45, 7) is 0.